The van der Waals surface area contributed by atoms with Gasteiger partial charge in [0.05, 0.1) is 24.5 Å². The number of hydrogen-bond donors (Lipinski definition) is 2. The summed E-state index contributed by atoms with van der Waals surface area (Å²) in [7, 11) is 0. The van der Waals surface area contributed by atoms with E-state index in [4.69, 9.17) is 4.74 Å². The number of thiazole rings is 1. The standard InChI is InChI=1S/C14H17N5O3S3/c1-2-22-11(21)5-9-6-23-12(16-9)17-10(20)7-24-14-19-18-13(25-14)15-8-3-4-8/h6,8H,2-5,7H2,1H3,(H,15,18)(H,16,17,20). The van der Waals surface area contributed by atoms with Gasteiger partial charge in [-0.3, -0.25) is 9.59 Å². The predicted octanol–water partition coefficient (Wildman–Crippen LogP) is 2.41. The zero-order valence-electron chi connectivity index (χ0n) is 13.5. The van der Waals surface area contributed by atoms with E-state index in [0.717, 1.165) is 9.47 Å². The third-order valence-corrected chi connectivity index (χ3v) is 5.86. The number of rotatable bonds is 9. The molecule has 0 aliphatic heterocycles. The molecule has 1 aliphatic carbocycles. The van der Waals surface area contributed by atoms with Crippen molar-refractivity contribution >= 4 is 56.6 Å². The highest BCUT2D eigenvalue weighted by molar-refractivity contribution is 8.01. The van der Waals surface area contributed by atoms with Crippen LogP contribution < -0.4 is 10.6 Å². The number of nitrogens with one attached hydrogen (secondary N) is 2. The first kappa shape index (κ1) is 18.1. The highest BCUT2D eigenvalue weighted by atomic mass is 32.2. The third-order valence-electron chi connectivity index (χ3n) is 3.07. The number of amides is 1. The molecule has 0 aromatic carbocycles. The Labute approximate surface area is 156 Å². The van der Waals surface area contributed by atoms with E-state index in [1.807, 2.05) is 0 Å². The fourth-order valence-corrected chi connectivity index (χ4v) is 4.17. The third kappa shape index (κ3) is 5.94. The Morgan fingerprint density at radius 1 is 1.36 bits per heavy atom. The Morgan fingerprint density at radius 3 is 2.96 bits per heavy atom. The molecule has 0 radical (unpaired) electrons. The average Bonchev–Trinajstić information content (AvgIpc) is 3.09. The van der Waals surface area contributed by atoms with Gasteiger partial charge in [0.15, 0.2) is 9.47 Å². The number of carbonyl (C=O) groups excluding carboxylic acids is 2. The van der Waals surface area contributed by atoms with Crippen LogP contribution in [0.15, 0.2) is 9.72 Å². The Bertz CT molecular complexity index is 744. The summed E-state index contributed by atoms with van der Waals surface area (Å²) in [6.07, 6.45) is 2.46. The lowest BCUT2D eigenvalue weighted by Gasteiger charge is -2.00. The van der Waals surface area contributed by atoms with Gasteiger partial charge in [0.2, 0.25) is 11.0 Å². The molecule has 11 heteroatoms. The minimum Gasteiger partial charge on any atom is -0.466 e. The normalized spacial score (nSPS) is 13.5. The maximum absolute atomic E-state index is 12.0. The van der Waals surface area contributed by atoms with Crippen LogP contribution in [0.4, 0.5) is 10.3 Å². The first-order valence-corrected chi connectivity index (χ1v) is 10.4. The molecule has 0 unspecified atom stereocenters. The number of thioether (sulfide) groups is 1. The molecular formula is C14H17N5O3S3. The molecule has 2 heterocycles. The van der Waals surface area contributed by atoms with Crippen molar-refractivity contribution in [2.75, 3.05) is 23.0 Å². The van der Waals surface area contributed by atoms with Crippen molar-refractivity contribution in [3.63, 3.8) is 0 Å². The summed E-state index contributed by atoms with van der Waals surface area (Å²) in [6, 6.07) is 0.530. The van der Waals surface area contributed by atoms with Crippen molar-refractivity contribution in [3.05, 3.63) is 11.1 Å². The van der Waals surface area contributed by atoms with Gasteiger partial charge < -0.3 is 15.4 Å². The number of hydrogen-bond acceptors (Lipinski definition) is 10. The molecule has 1 aliphatic rings. The van der Waals surface area contributed by atoms with E-state index < -0.39 is 0 Å². The second-order valence-corrected chi connectivity index (χ2v) is 8.31. The van der Waals surface area contributed by atoms with Crippen molar-refractivity contribution in [2.45, 2.75) is 36.6 Å². The number of aromatic nitrogens is 3. The van der Waals surface area contributed by atoms with Gasteiger partial charge in [-0.15, -0.1) is 21.5 Å². The highest BCUT2D eigenvalue weighted by Gasteiger charge is 2.22. The fourth-order valence-electron chi connectivity index (χ4n) is 1.82. The van der Waals surface area contributed by atoms with Crippen molar-refractivity contribution in [1.82, 2.24) is 15.2 Å². The van der Waals surface area contributed by atoms with Gasteiger partial charge in [-0.2, -0.15) is 0 Å². The van der Waals surface area contributed by atoms with Crippen LogP contribution in [0.3, 0.4) is 0 Å². The number of ether oxygens (including phenoxy) is 1. The summed E-state index contributed by atoms with van der Waals surface area (Å²) in [5, 5.41) is 17.1. The lowest BCUT2D eigenvalue weighted by Crippen LogP contribution is -2.14. The molecular weight excluding hydrogens is 382 g/mol. The number of anilines is 2. The van der Waals surface area contributed by atoms with Crippen LogP contribution in [-0.4, -0.2) is 45.5 Å². The first-order chi connectivity index (χ1) is 12.1. The second kappa shape index (κ2) is 8.59. The van der Waals surface area contributed by atoms with Gasteiger partial charge in [0.25, 0.3) is 0 Å². The van der Waals surface area contributed by atoms with Crippen LogP contribution in [0.25, 0.3) is 0 Å². The van der Waals surface area contributed by atoms with Crippen molar-refractivity contribution in [2.24, 2.45) is 0 Å². The topological polar surface area (TPSA) is 106 Å². The van der Waals surface area contributed by atoms with Gasteiger partial charge in [-0.1, -0.05) is 23.1 Å². The van der Waals surface area contributed by atoms with E-state index in [0.29, 0.717) is 23.5 Å². The maximum Gasteiger partial charge on any atom is 0.311 e. The van der Waals surface area contributed by atoms with Gasteiger partial charge >= 0.3 is 5.97 Å². The summed E-state index contributed by atoms with van der Waals surface area (Å²) in [4.78, 5) is 27.6. The van der Waals surface area contributed by atoms with Crippen LogP contribution in [0, 0.1) is 0 Å². The van der Waals surface area contributed by atoms with E-state index in [-0.39, 0.29) is 24.1 Å². The Hall–Kier alpha value is -1.72. The van der Waals surface area contributed by atoms with Crippen LogP contribution >= 0.6 is 34.4 Å². The minimum atomic E-state index is -0.326. The molecule has 1 saturated carbocycles. The molecule has 0 atom stereocenters. The molecule has 25 heavy (non-hydrogen) atoms. The fraction of sp³-hybridized carbons (Fsp3) is 0.500. The van der Waals surface area contributed by atoms with E-state index in [2.05, 4.69) is 25.8 Å². The molecule has 0 saturated heterocycles. The van der Waals surface area contributed by atoms with Crippen LogP contribution in [0.1, 0.15) is 25.5 Å². The molecule has 2 aromatic heterocycles. The van der Waals surface area contributed by atoms with Crippen molar-refractivity contribution < 1.29 is 14.3 Å². The maximum atomic E-state index is 12.0. The molecule has 3 rings (SSSR count). The van der Waals surface area contributed by atoms with Crippen LogP contribution in [-0.2, 0) is 20.7 Å². The number of carbonyl (C=O) groups is 2. The number of nitrogens with zero attached hydrogens (tertiary/aromatic N) is 3. The first-order valence-electron chi connectivity index (χ1n) is 7.75. The predicted molar refractivity (Wildman–Crippen MR) is 98.4 cm³/mol. The summed E-state index contributed by atoms with van der Waals surface area (Å²) in [5.74, 6) is -0.271. The van der Waals surface area contributed by atoms with Crippen molar-refractivity contribution in [1.29, 1.82) is 0 Å². The average molecular weight is 400 g/mol. The van der Waals surface area contributed by atoms with E-state index in [9.17, 15) is 9.59 Å². The lowest BCUT2D eigenvalue weighted by atomic mass is 10.3. The minimum absolute atomic E-state index is 0.108. The zero-order valence-corrected chi connectivity index (χ0v) is 15.9. The van der Waals surface area contributed by atoms with E-state index in [1.165, 1.54) is 47.3 Å². The van der Waals surface area contributed by atoms with E-state index >= 15 is 0 Å². The molecule has 2 N–H and O–H groups in total. The van der Waals surface area contributed by atoms with Gasteiger partial charge in [-0.25, -0.2) is 4.98 Å². The van der Waals surface area contributed by atoms with Crippen molar-refractivity contribution in [3.8, 4) is 0 Å². The molecule has 134 valence electrons. The molecule has 0 bridgehead atoms. The smallest absolute Gasteiger partial charge is 0.311 e. The Kier molecular flexibility index (Phi) is 6.21. The SMILES string of the molecule is CCOC(=O)Cc1csc(NC(=O)CSc2nnc(NC3CC3)s2)n1. The van der Waals surface area contributed by atoms with Gasteiger partial charge in [0, 0.05) is 11.4 Å². The van der Waals surface area contributed by atoms with Gasteiger partial charge in [-0.05, 0) is 19.8 Å². The Balaban J connectivity index is 1.42. The monoisotopic (exact) mass is 399 g/mol. The molecule has 8 nitrogen and oxygen atoms in total. The quantitative estimate of drug-likeness (QED) is 0.489. The van der Waals surface area contributed by atoms with Crippen LogP contribution in [0.5, 0.6) is 0 Å². The summed E-state index contributed by atoms with van der Waals surface area (Å²) < 4.78 is 5.62. The molecule has 0 spiro atoms. The van der Waals surface area contributed by atoms with Crippen LogP contribution in [0.2, 0.25) is 0 Å². The summed E-state index contributed by atoms with van der Waals surface area (Å²) in [6.45, 7) is 2.10. The van der Waals surface area contributed by atoms with Gasteiger partial charge in [0.1, 0.15) is 0 Å². The second-order valence-electron chi connectivity index (χ2n) is 5.25. The Morgan fingerprint density at radius 2 is 2.20 bits per heavy atom. The molecule has 1 fully saturated rings. The summed E-state index contributed by atoms with van der Waals surface area (Å²) >= 11 is 4.07. The zero-order chi connectivity index (χ0) is 17.6. The molecule has 2 aromatic rings. The summed E-state index contributed by atoms with van der Waals surface area (Å²) in [5.41, 5.74) is 0.589. The number of esters is 1. The van der Waals surface area contributed by atoms with E-state index in [1.54, 1.807) is 12.3 Å². The highest BCUT2D eigenvalue weighted by Crippen LogP contribution is 2.30. The molecule has 1 amide bonds. The largest absolute Gasteiger partial charge is 0.466 e. The lowest BCUT2D eigenvalue weighted by molar-refractivity contribution is -0.142.